The van der Waals surface area contributed by atoms with E-state index in [0.717, 1.165) is 45.1 Å². The summed E-state index contributed by atoms with van der Waals surface area (Å²) < 4.78 is 17.5. The monoisotopic (exact) mass is 678 g/mol. The van der Waals surface area contributed by atoms with Gasteiger partial charge in [-0.25, -0.2) is 9.18 Å². The van der Waals surface area contributed by atoms with E-state index in [1.165, 1.54) is 12.1 Å². The zero-order valence-corrected chi connectivity index (χ0v) is 29.3. The van der Waals surface area contributed by atoms with Crippen molar-refractivity contribution in [3.05, 3.63) is 47.5 Å². The Morgan fingerprint density at radius 3 is 2.29 bits per heavy atom. The molecule has 13 heteroatoms. The number of urea groups is 1. The average molecular weight is 679 g/mol. The second-order valence-corrected chi connectivity index (χ2v) is 14.6. The van der Waals surface area contributed by atoms with Gasteiger partial charge in [0.05, 0.1) is 5.69 Å². The number of rotatable bonds is 13. The molecule has 49 heavy (non-hydrogen) atoms. The molecule has 3 aliphatic carbocycles. The van der Waals surface area contributed by atoms with Crippen molar-refractivity contribution in [3.8, 4) is 0 Å². The zero-order valence-electron chi connectivity index (χ0n) is 29.3. The summed E-state index contributed by atoms with van der Waals surface area (Å²) in [5, 5.41) is 12.9. The number of nitrogens with zero attached hydrogens (tertiary/aromatic N) is 5. The number of halogens is 1. The maximum Gasteiger partial charge on any atom is 0.318 e. The molecule has 3 saturated carbocycles. The lowest BCUT2D eigenvalue weighted by molar-refractivity contribution is -0.136. The molecule has 266 valence electrons. The van der Waals surface area contributed by atoms with Gasteiger partial charge >= 0.3 is 6.03 Å². The molecule has 2 aromatic rings. The highest BCUT2D eigenvalue weighted by atomic mass is 19.1. The molecule has 5 amide bonds. The van der Waals surface area contributed by atoms with Gasteiger partial charge in [0.15, 0.2) is 0 Å². The van der Waals surface area contributed by atoms with E-state index in [-0.39, 0.29) is 41.5 Å². The number of piperazine rings is 1. The molecule has 1 aromatic carbocycles. The number of amides is 5. The molecule has 4 aliphatic rings. The fraction of sp³-hybridized carbons (Fsp3) is 0.639. The predicted octanol–water partition coefficient (Wildman–Crippen LogP) is 3.65. The molecular weight excluding hydrogens is 627 g/mol. The van der Waals surface area contributed by atoms with Gasteiger partial charge in [0.1, 0.15) is 23.6 Å². The lowest BCUT2D eigenvalue weighted by Gasteiger charge is -2.40. The minimum Gasteiger partial charge on any atom is -0.339 e. The van der Waals surface area contributed by atoms with Crippen molar-refractivity contribution in [1.29, 1.82) is 0 Å². The van der Waals surface area contributed by atoms with E-state index < -0.39 is 29.7 Å². The van der Waals surface area contributed by atoms with Gasteiger partial charge in [-0.2, -0.15) is 5.10 Å². The second kappa shape index (κ2) is 14.5. The van der Waals surface area contributed by atoms with Gasteiger partial charge in [-0.1, -0.05) is 13.0 Å². The van der Waals surface area contributed by atoms with Crippen molar-refractivity contribution >= 4 is 29.4 Å². The van der Waals surface area contributed by atoms with Crippen molar-refractivity contribution in [1.82, 2.24) is 35.1 Å². The molecular formula is C36H51FN8O4. The first-order valence-corrected chi connectivity index (χ1v) is 17.9. The Labute approximate surface area is 288 Å². The third-order valence-corrected chi connectivity index (χ3v) is 11.0. The maximum atomic E-state index is 15.9. The molecule has 0 spiro atoms. The first-order valence-electron chi connectivity index (χ1n) is 17.9. The highest BCUT2D eigenvalue weighted by Gasteiger charge is 2.48. The smallest absolute Gasteiger partial charge is 0.318 e. The van der Waals surface area contributed by atoms with Crippen LogP contribution >= 0.6 is 0 Å². The first kappa shape index (κ1) is 34.8. The molecule has 12 nitrogen and oxygen atoms in total. The molecule has 4 fully saturated rings. The summed E-state index contributed by atoms with van der Waals surface area (Å²) >= 11 is 0. The van der Waals surface area contributed by atoms with E-state index in [0.29, 0.717) is 42.7 Å². The van der Waals surface area contributed by atoms with Gasteiger partial charge in [-0.05, 0) is 101 Å². The zero-order chi connectivity index (χ0) is 35.0. The third-order valence-electron chi connectivity index (χ3n) is 11.0. The molecule has 2 heterocycles. The van der Waals surface area contributed by atoms with E-state index in [9.17, 15) is 19.2 Å². The molecule has 3 N–H and O–H groups in total. The summed E-state index contributed by atoms with van der Waals surface area (Å²) in [6.45, 7) is 8.08. The molecule has 1 aromatic heterocycles. The van der Waals surface area contributed by atoms with E-state index in [4.69, 9.17) is 0 Å². The van der Waals surface area contributed by atoms with Crippen LogP contribution in [0, 0.1) is 23.6 Å². The van der Waals surface area contributed by atoms with E-state index in [2.05, 4.69) is 32.9 Å². The SMILES string of the molecule is CCn1nccc1C(=O)N[C@H](C(=O)Nc1ccc([C@H](C)[C@@H](NC(=O)N(C)C2CC2)C(=O)N2CCN(C)[C@H](C)C2)cc1F)C(C1CC1)C1CC1. The normalized spacial score (nSPS) is 21.5. The minimum absolute atomic E-state index is 0.00239. The third kappa shape index (κ3) is 7.92. The largest absolute Gasteiger partial charge is 0.339 e. The molecule has 1 aliphatic heterocycles. The second-order valence-electron chi connectivity index (χ2n) is 14.6. The summed E-state index contributed by atoms with van der Waals surface area (Å²) in [7, 11) is 3.76. The van der Waals surface area contributed by atoms with Crippen LogP contribution in [0.4, 0.5) is 14.9 Å². The molecule has 0 unspecified atom stereocenters. The number of aromatic nitrogens is 2. The Kier molecular flexibility index (Phi) is 10.3. The fourth-order valence-corrected chi connectivity index (χ4v) is 7.25. The van der Waals surface area contributed by atoms with Crippen molar-refractivity contribution in [2.24, 2.45) is 17.8 Å². The Morgan fingerprint density at radius 2 is 1.69 bits per heavy atom. The summed E-state index contributed by atoms with van der Waals surface area (Å²) in [6.07, 6.45) is 7.46. The Bertz CT molecular complexity index is 1540. The molecule has 0 bridgehead atoms. The van der Waals surface area contributed by atoms with Crippen molar-refractivity contribution in [3.63, 3.8) is 0 Å². The van der Waals surface area contributed by atoms with Crippen LogP contribution in [-0.4, -0.2) is 106 Å². The van der Waals surface area contributed by atoms with Crippen LogP contribution in [-0.2, 0) is 16.1 Å². The number of nitrogens with one attached hydrogen (secondary N) is 3. The number of benzene rings is 1. The van der Waals surface area contributed by atoms with Crippen LogP contribution in [0.3, 0.4) is 0 Å². The Morgan fingerprint density at radius 1 is 1.00 bits per heavy atom. The Balaban J connectivity index is 1.20. The lowest BCUT2D eigenvalue weighted by Crippen LogP contribution is -2.59. The van der Waals surface area contributed by atoms with Crippen LogP contribution in [0.15, 0.2) is 30.5 Å². The number of hydrogen-bond donors (Lipinski definition) is 3. The molecule has 4 atom stereocenters. The van der Waals surface area contributed by atoms with Crippen LogP contribution in [0.2, 0.25) is 0 Å². The summed E-state index contributed by atoms with van der Waals surface area (Å²) in [6, 6.07) is 4.44. The van der Waals surface area contributed by atoms with Crippen molar-refractivity contribution in [2.75, 3.05) is 39.0 Å². The number of carbonyl (C=O) groups is 4. The fourth-order valence-electron chi connectivity index (χ4n) is 7.25. The number of aryl methyl sites for hydroxylation is 1. The van der Waals surface area contributed by atoms with Crippen molar-refractivity contribution in [2.45, 2.75) is 95.9 Å². The lowest BCUT2D eigenvalue weighted by atomic mass is 9.88. The maximum absolute atomic E-state index is 15.9. The van der Waals surface area contributed by atoms with Crippen LogP contribution in [0.5, 0.6) is 0 Å². The topological polar surface area (TPSA) is 132 Å². The summed E-state index contributed by atoms with van der Waals surface area (Å²) in [5.41, 5.74) is 0.898. The highest BCUT2D eigenvalue weighted by Crippen LogP contribution is 2.51. The minimum atomic E-state index is -0.905. The van der Waals surface area contributed by atoms with Gasteiger partial charge < -0.3 is 30.7 Å². The molecule has 6 rings (SSSR count). The van der Waals surface area contributed by atoms with Gasteiger partial charge in [0.2, 0.25) is 11.8 Å². The van der Waals surface area contributed by atoms with Gasteiger partial charge in [-0.15, -0.1) is 0 Å². The van der Waals surface area contributed by atoms with Gasteiger partial charge in [0.25, 0.3) is 5.91 Å². The summed E-state index contributed by atoms with van der Waals surface area (Å²) in [5.74, 6) is -1.56. The first-order chi connectivity index (χ1) is 23.5. The van der Waals surface area contributed by atoms with Gasteiger partial charge in [0, 0.05) is 57.4 Å². The highest BCUT2D eigenvalue weighted by molar-refractivity contribution is 6.01. The van der Waals surface area contributed by atoms with Crippen LogP contribution in [0.1, 0.15) is 81.3 Å². The van der Waals surface area contributed by atoms with E-state index in [1.54, 1.807) is 39.9 Å². The van der Waals surface area contributed by atoms with Crippen LogP contribution < -0.4 is 16.0 Å². The molecule has 1 saturated heterocycles. The van der Waals surface area contributed by atoms with Crippen LogP contribution in [0.25, 0.3) is 0 Å². The number of carbonyl (C=O) groups excluding carboxylic acids is 4. The molecule has 0 radical (unpaired) electrons. The number of anilines is 1. The number of likely N-dealkylation sites (N-methyl/N-ethyl adjacent to an activating group) is 1. The number of hydrogen-bond acceptors (Lipinski definition) is 6. The van der Waals surface area contributed by atoms with E-state index >= 15 is 4.39 Å². The predicted molar refractivity (Wildman–Crippen MR) is 183 cm³/mol. The van der Waals surface area contributed by atoms with Gasteiger partial charge in [-0.3, -0.25) is 19.1 Å². The Hall–Kier alpha value is -4.00. The standard InChI is InChI=1S/C36H51FN8O4/c1-6-45-29(15-16-38-45)33(46)40-32(30(23-7-8-23)24-9-10-24)34(47)39-28-14-11-25(19-27(28)37)22(3)31(41-36(49)43(5)26-12-13-26)35(48)44-18-17-42(4)21(2)20-44/h11,14-16,19,21-24,26,30-32H,6-10,12-13,17-18,20H2,1-5H3,(H,39,47)(H,40,46)(H,41,49)/t21-,22+,31-,32+/m1/s1. The van der Waals surface area contributed by atoms with Crippen molar-refractivity contribution < 1.29 is 23.6 Å². The average Bonchev–Trinajstić information content (AvgIpc) is 3.95. The summed E-state index contributed by atoms with van der Waals surface area (Å²) in [4.78, 5) is 60.0. The quantitative estimate of drug-likeness (QED) is 0.297. The van der Waals surface area contributed by atoms with E-state index in [1.807, 2.05) is 20.9 Å².